The van der Waals surface area contributed by atoms with Crippen LogP contribution in [0, 0.1) is 11.7 Å². The lowest BCUT2D eigenvalue weighted by Gasteiger charge is -2.00. The first-order valence-electron chi connectivity index (χ1n) is 5.43. The second-order valence-corrected chi connectivity index (χ2v) is 6.66. The third-order valence-electron chi connectivity index (χ3n) is 3.21. The van der Waals surface area contributed by atoms with Crippen LogP contribution in [0.3, 0.4) is 0 Å². The molecule has 0 aromatic heterocycles. The van der Waals surface area contributed by atoms with Gasteiger partial charge in [-0.15, -0.1) is 0 Å². The molecule has 0 radical (unpaired) electrons. The van der Waals surface area contributed by atoms with Crippen LogP contribution in [0.15, 0.2) is 24.3 Å². The van der Waals surface area contributed by atoms with Gasteiger partial charge in [0.2, 0.25) is 0 Å². The van der Waals surface area contributed by atoms with Gasteiger partial charge in [0.05, 0.1) is 5.25 Å². The van der Waals surface area contributed by atoms with E-state index in [0.29, 0.717) is 11.8 Å². The molecule has 0 aliphatic heterocycles. The first-order chi connectivity index (χ1) is 8.01. The minimum Gasteiger partial charge on any atom is -0.303 e. The van der Waals surface area contributed by atoms with E-state index in [1.165, 1.54) is 18.2 Å². The molecule has 0 amide bonds. The van der Waals surface area contributed by atoms with E-state index in [4.69, 9.17) is 0 Å². The first kappa shape index (κ1) is 12.2. The molecule has 1 aliphatic carbocycles. The average Bonchev–Trinajstić information content (AvgIpc) is 3.04. The van der Waals surface area contributed by atoms with E-state index >= 15 is 0 Å². The fraction of sp³-hybridized carbons (Fsp3) is 0.417. The van der Waals surface area contributed by atoms with Gasteiger partial charge >= 0.3 is 0 Å². The van der Waals surface area contributed by atoms with Crippen LogP contribution < -0.4 is 0 Å². The highest BCUT2D eigenvalue weighted by Gasteiger charge is 2.57. The molecule has 0 spiro atoms. The smallest absolute Gasteiger partial charge is 0.154 e. The second kappa shape index (κ2) is 4.22. The third-order valence-corrected chi connectivity index (χ3v) is 5.46. The Kier molecular flexibility index (Phi) is 3.03. The summed E-state index contributed by atoms with van der Waals surface area (Å²) in [4.78, 5) is 10.9. The summed E-state index contributed by atoms with van der Waals surface area (Å²) in [5.74, 6) is -1.31. The van der Waals surface area contributed by atoms with Crippen molar-refractivity contribution in [2.45, 2.75) is 18.1 Å². The van der Waals surface area contributed by atoms with Gasteiger partial charge < -0.3 is 4.79 Å². The molecule has 3 nitrogen and oxygen atoms in total. The van der Waals surface area contributed by atoms with Crippen molar-refractivity contribution in [3.8, 4) is 0 Å². The summed E-state index contributed by atoms with van der Waals surface area (Å²) < 4.78 is 36.5. The Morgan fingerprint density at radius 1 is 1.41 bits per heavy atom. The Morgan fingerprint density at radius 3 is 2.65 bits per heavy atom. The van der Waals surface area contributed by atoms with Gasteiger partial charge in [0.1, 0.15) is 12.1 Å². The zero-order chi connectivity index (χ0) is 12.6. The quantitative estimate of drug-likeness (QED) is 0.768. The van der Waals surface area contributed by atoms with E-state index in [-0.39, 0.29) is 11.7 Å². The van der Waals surface area contributed by atoms with Crippen molar-refractivity contribution in [1.82, 2.24) is 0 Å². The summed E-state index contributed by atoms with van der Waals surface area (Å²) in [6.07, 6.45) is 0.660. The molecular formula is C12H13FO3S. The summed E-state index contributed by atoms with van der Waals surface area (Å²) in [6, 6.07) is 5.79. The standard InChI is InChI=1S/C12H13FO3S/c1-2-17(15,16)12-10(7-14)11(12)8-4-3-5-9(13)6-8/h3-7,10-12H,2H2,1H3/t10-,11-,12-/m1/s1. The second-order valence-electron chi connectivity index (χ2n) is 4.21. The van der Waals surface area contributed by atoms with Crippen molar-refractivity contribution in [3.05, 3.63) is 35.6 Å². The number of aldehydes is 1. The maximum Gasteiger partial charge on any atom is 0.154 e. The van der Waals surface area contributed by atoms with Crippen LogP contribution in [-0.2, 0) is 14.6 Å². The number of halogens is 1. The van der Waals surface area contributed by atoms with E-state index in [1.54, 1.807) is 13.0 Å². The zero-order valence-corrected chi connectivity index (χ0v) is 10.2. The van der Waals surface area contributed by atoms with Crippen molar-refractivity contribution >= 4 is 16.1 Å². The lowest BCUT2D eigenvalue weighted by atomic mass is 10.1. The topological polar surface area (TPSA) is 51.2 Å². The van der Waals surface area contributed by atoms with Crippen LogP contribution in [0.25, 0.3) is 0 Å². The van der Waals surface area contributed by atoms with Crippen LogP contribution in [-0.4, -0.2) is 25.7 Å². The van der Waals surface area contributed by atoms with Crippen LogP contribution in [0.1, 0.15) is 18.4 Å². The molecule has 5 heteroatoms. The average molecular weight is 256 g/mol. The molecule has 0 unspecified atom stereocenters. The van der Waals surface area contributed by atoms with Crippen molar-refractivity contribution < 1.29 is 17.6 Å². The predicted octanol–water partition coefficient (Wildman–Crippen LogP) is 1.54. The minimum absolute atomic E-state index is 0.00776. The molecule has 0 bridgehead atoms. The van der Waals surface area contributed by atoms with Gasteiger partial charge in [0.15, 0.2) is 9.84 Å². The monoisotopic (exact) mass is 256 g/mol. The SMILES string of the molecule is CCS(=O)(=O)[C@@H]1[C@H](C=O)[C@H]1c1cccc(F)c1. The number of sulfone groups is 1. The molecule has 1 aliphatic rings. The number of hydrogen-bond donors (Lipinski definition) is 0. The molecule has 3 atom stereocenters. The maximum absolute atomic E-state index is 13.1. The lowest BCUT2D eigenvalue weighted by molar-refractivity contribution is -0.108. The molecule has 17 heavy (non-hydrogen) atoms. The number of carbonyl (C=O) groups excluding carboxylic acids is 1. The van der Waals surface area contributed by atoms with Crippen LogP contribution >= 0.6 is 0 Å². The highest BCUT2D eigenvalue weighted by atomic mass is 32.2. The molecule has 92 valence electrons. The van der Waals surface area contributed by atoms with Gasteiger partial charge in [-0.05, 0) is 17.7 Å². The minimum atomic E-state index is -3.25. The fourth-order valence-corrected chi connectivity index (χ4v) is 4.04. The Bertz CT molecular complexity index is 538. The van der Waals surface area contributed by atoms with Crippen molar-refractivity contribution in [3.63, 3.8) is 0 Å². The van der Waals surface area contributed by atoms with Gasteiger partial charge in [-0.2, -0.15) is 0 Å². The zero-order valence-electron chi connectivity index (χ0n) is 9.34. The molecule has 0 saturated heterocycles. The van der Waals surface area contributed by atoms with Crippen LogP contribution in [0.2, 0.25) is 0 Å². The fourth-order valence-electron chi connectivity index (χ4n) is 2.25. The number of carbonyl (C=O) groups is 1. The van der Waals surface area contributed by atoms with Crippen molar-refractivity contribution in [1.29, 1.82) is 0 Å². The Morgan fingerprint density at radius 2 is 2.12 bits per heavy atom. The molecule has 1 fully saturated rings. The number of hydrogen-bond acceptors (Lipinski definition) is 3. The van der Waals surface area contributed by atoms with Crippen LogP contribution in [0.4, 0.5) is 4.39 Å². The molecule has 2 rings (SSSR count). The van der Waals surface area contributed by atoms with E-state index in [9.17, 15) is 17.6 Å². The number of rotatable bonds is 4. The summed E-state index contributed by atoms with van der Waals surface area (Å²) in [6.45, 7) is 1.55. The van der Waals surface area contributed by atoms with E-state index in [0.717, 1.165) is 0 Å². The van der Waals surface area contributed by atoms with E-state index < -0.39 is 26.8 Å². The Balaban J connectivity index is 2.33. The van der Waals surface area contributed by atoms with Gasteiger partial charge in [0.25, 0.3) is 0 Å². The molecule has 1 saturated carbocycles. The molecular weight excluding hydrogens is 243 g/mol. The molecule has 1 aromatic rings. The van der Waals surface area contributed by atoms with Gasteiger partial charge in [-0.1, -0.05) is 19.1 Å². The highest BCUT2D eigenvalue weighted by Crippen LogP contribution is 2.51. The van der Waals surface area contributed by atoms with Gasteiger partial charge in [-0.3, -0.25) is 0 Å². The van der Waals surface area contributed by atoms with E-state index in [2.05, 4.69) is 0 Å². The third kappa shape index (κ3) is 2.11. The summed E-state index contributed by atoms with van der Waals surface area (Å²) in [5.41, 5.74) is 0.587. The molecule has 0 heterocycles. The predicted molar refractivity (Wildman–Crippen MR) is 61.9 cm³/mol. The largest absolute Gasteiger partial charge is 0.303 e. The summed E-state index contributed by atoms with van der Waals surface area (Å²) in [5, 5.41) is -0.674. The number of benzene rings is 1. The normalized spacial score (nSPS) is 27.8. The summed E-state index contributed by atoms with van der Waals surface area (Å²) in [7, 11) is -3.25. The molecule has 0 N–H and O–H groups in total. The van der Waals surface area contributed by atoms with Crippen molar-refractivity contribution in [2.75, 3.05) is 5.75 Å². The van der Waals surface area contributed by atoms with Crippen LogP contribution in [0.5, 0.6) is 0 Å². The highest BCUT2D eigenvalue weighted by molar-refractivity contribution is 7.92. The Hall–Kier alpha value is -1.23. The first-order valence-corrected chi connectivity index (χ1v) is 7.15. The van der Waals surface area contributed by atoms with Crippen molar-refractivity contribution in [2.24, 2.45) is 5.92 Å². The van der Waals surface area contributed by atoms with Gasteiger partial charge in [0, 0.05) is 17.6 Å². The lowest BCUT2D eigenvalue weighted by Crippen LogP contribution is -2.12. The molecule has 1 aromatic carbocycles. The van der Waals surface area contributed by atoms with Gasteiger partial charge in [-0.25, -0.2) is 12.8 Å². The summed E-state index contributed by atoms with van der Waals surface area (Å²) >= 11 is 0. The van der Waals surface area contributed by atoms with E-state index in [1.807, 2.05) is 0 Å². The Labute approximate surface area is 99.6 Å². The maximum atomic E-state index is 13.1.